The molecule has 0 radical (unpaired) electrons. The van der Waals surface area contributed by atoms with E-state index in [2.05, 4.69) is 0 Å². The quantitative estimate of drug-likeness (QED) is 0.767. The average Bonchev–Trinajstić information content (AvgIpc) is 2.80. The number of amides is 1. The van der Waals surface area contributed by atoms with Crippen LogP contribution in [0, 0.1) is 5.92 Å². The van der Waals surface area contributed by atoms with E-state index in [1.807, 2.05) is 17.1 Å². The zero-order valence-corrected chi connectivity index (χ0v) is 11.2. The van der Waals surface area contributed by atoms with E-state index in [0.717, 1.165) is 19.3 Å². The number of hydrogen-bond acceptors (Lipinski definition) is 3. The van der Waals surface area contributed by atoms with Crippen LogP contribution < -0.4 is 11.1 Å². The molecule has 4 nitrogen and oxygen atoms in total. The molecule has 1 aliphatic carbocycles. The third-order valence-corrected chi connectivity index (χ3v) is 3.63. The van der Waals surface area contributed by atoms with Crippen LogP contribution in [0.1, 0.15) is 26.2 Å². The molecular formula is C12H22F3N3O. The minimum atomic E-state index is -4.36. The number of hydrogen-bond donors (Lipinski definition) is 2. The van der Waals surface area contributed by atoms with Gasteiger partial charge >= 0.3 is 6.18 Å². The Bertz CT molecular complexity index is 296. The first-order valence-corrected chi connectivity index (χ1v) is 6.65. The summed E-state index contributed by atoms with van der Waals surface area (Å²) in [6.07, 6.45) is -1.31. The Morgan fingerprint density at radius 3 is 2.63 bits per heavy atom. The minimum absolute atomic E-state index is 0.00769. The number of carbonyl (C=O) groups excluding carboxylic acids is 1. The highest BCUT2D eigenvalue weighted by molar-refractivity contribution is 5.78. The molecule has 0 aromatic heterocycles. The number of nitrogens with zero attached hydrogens (tertiary/aromatic N) is 1. The Morgan fingerprint density at radius 2 is 2.11 bits per heavy atom. The Morgan fingerprint density at radius 1 is 1.42 bits per heavy atom. The third kappa shape index (κ3) is 5.36. The second kappa shape index (κ2) is 7.09. The van der Waals surface area contributed by atoms with Crippen molar-refractivity contribution < 1.29 is 18.0 Å². The topological polar surface area (TPSA) is 58.4 Å². The first-order chi connectivity index (χ1) is 8.87. The fraction of sp³-hybridized carbons (Fsp3) is 0.917. The number of rotatable bonds is 6. The predicted molar refractivity (Wildman–Crippen MR) is 66.5 cm³/mol. The summed E-state index contributed by atoms with van der Waals surface area (Å²) in [5.74, 6) is -0.239. The molecule has 3 N–H and O–H groups in total. The molecule has 0 saturated heterocycles. The van der Waals surface area contributed by atoms with E-state index in [1.54, 1.807) is 0 Å². The summed E-state index contributed by atoms with van der Waals surface area (Å²) in [5, 5.41) is 1.91. The number of nitrogens with one attached hydrogen (secondary N) is 1. The SMILES string of the molecule is CCN(CC(=O)NCC(F)(F)F)C1CCCC1CN. The molecule has 112 valence electrons. The lowest BCUT2D eigenvalue weighted by Crippen LogP contribution is -2.47. The third-order valence-electron chi connectivity index (χ3n) is 3.63. The highest BCUT2D eigenvalue weighted by atomic mass is 19.4. The van der Waals surface area contributed by atoms with Crippen LogP contribution in [0.4, 0.5) is 13.2 Å². The van der Waals surface area contributed by atoms with Crippen molar-refractivity contribution in [1.82, 2.24) is 10.2 Å². The van der Waals surface area contributed by atoms with Gasteiger partial charge < -0.3 is 11.1 Å². The van der Waals surface area contributed by atoms with Crippen LogP contribution >= 0.6 is 0 Å². The summed E-state index contributed by atoms with van der Waals surface area (Å²) in [6, 6.07) is 0.214. The van der Waals surface area contributed by atoms with Crippen molar-refractivity contribution in [3.05, 3.63) is 0 Å². The smallest absolute Gasteiger partial charge is 0.346 e. The molecule has 0 spiro atoms. The van der Waals surface area contributed by atoms with Crippen LogP contribution in [-0.4, -0.2) is 49.2 Å². The highest BCUT2D eigenvalue weighted by Gasteiger charge is 2.32. The molecule has 1 aliphatic rings. The standard InChI is InChI=1S/C12H22F3N3O/c1-2-18(10-5-3-4-9(10)6-16)7-11(19)17-8-12(13,14)15/h9-10H,2-8,16H2,1H3,(H,17,19). The average molecular weight is 281 g/mol. The zero-order chi connectivity index (χ0) is 14.5. The summed E-state index contributed by atoms with van der Waals surface area (Å²) in [5.41, 5.74) is 5.69. The second-order valence-electron chi connectivity index (χ2n) is 4.95. The van der Waals surface area contributed by atoms with Crippen molar-refractivity contribution in [2.24, 2.45) is 11.7 Å². The molecule has 0 heterocycles. The van der Waals surface area contributed by atoms with Crippen LogP contribution in [0.5, 0.6) is 0 Å². The van der Waals surface area contributed by atoms with Crippen molar-refractivity contribution in [1.29, 1.82) is 0 Å². The zero-order valence-electron chi connectivity index (χ0n) is 11.2. The van der Waals surface area contributed by atoms with Gasteiger partial charge in [0.2, 0.25) is 5.91 Å². The number of nitrogens with two attached hydrogens (primary N) is 1. The maximum absolute atomic E-state index is 12.0. The Hall–Kier alpha value is -0.820. The van der Waals surface area contributed by atoms with Gasteiger partial charge in [-0.05, 0) is 31.8 Å². The largest absolute Gasteiger partial charge is 0.405 e. The van der Waals surface area contributed by atoms with Gasteiger partial charge in [0.1, 0.15) is 6.54 Å². The molecule has 0 aliphatic heterocycles. The van der Waals surface area contributed by atoms with E-state index in [4.69, 9.17) is 5.73 Å². The van der Waals surface area contributed by atoms with Crippen molar-refractivity contribution in [3.8, 4) is 0 Å². The van der Waals surface area contributed by atoms with E-state index in [1.165, 1.54) is 0 Å². The number of halogens is 3. The molecule has 0 bridgehead atoms. The van der Waals surface area contributed by atoms with Gasteiger partial charge in [-0.25, -0.2) is 0 Å². The summed E-state index contributed by atoms with van der Waals surface area (Å²) in [4.78, 5) is 13.5. The first kappa shape index (κ1) is 16.2. The second-order valence-corrected chi connectivity index (χ2v) is 4.95. The maximum Gasteiger partial charge on any atom is 0.405 e. The van der Waals surface area contributed by atoms with Crippen molar-refractivity contribution >= 4 is 5.91 Å². The monoisotopic (exact) mass is 281 g/mol. The lowest BCUT2D eigenvalue weighted by molar-refractivity contribution is -0.139. The molecule has 19 heavy (non-hydrogen) atoms. The highest BCUT2D eigenvalue weighted by Crippen LogP contribution is 2.28. The van der Waals surface area contributed by atoms with Gasteiger partial charge in [-0.3, -0.25) is 9.69 Å². The van der Waals surface area contributed by atoms with Crippen molar-refractivity contribution in [3.63, 3.8) is 0 Å². The molecule has 2 unspecified atom stereocenters. The maximum atomic E-state index is 12.0. The molecule has 1 amide bonds. The number of likely N-dealkylation sites (N-methyl/N-ethyl adjacent to an activating group) is 1. The van der Waals surface area contributed by atoms with E-state index in [9.17, 15) is 18.0 Å². The van der Waals surface area contributed by atoms with Gasteiger partial charge in [0, 0.05) is 6.04 Å². The Balaban J connectivity index is 2.45. The van der Waals surface area contributed by atoms with Crippen LogP contribution in [-0.2, 0) is 4.79 Å². The number of carbonyl (C=O) groups is 1. The fourth-order valence-corrected chi connectivity index (χ4v) is 2.68. The van der Waals surface area contributed by atoms with Crippen LogP contribution in [0.3, 0.4) is 0 Å². The fourth-order valence-electron chi connectivity index (χ4n) is 2.68. The van der Waals surface area contributed by atoms with Gasteiger partial charge in [-0.15, -0.1) is 0 Å². The molecule has 0 aromatic carbocycles. The molecule has 0 aromatic rings. The Kier molecular flexibility index (Phi) is 6.06. The minimum Gasteiger partial charge on any atom is -0.346 e. The summed E-state index contributed by atoms with van der Waals surface area (Å²) in [7, 11) is 0. The predicted octanol–water partition coefficient (Wildman–Crippen LogP) is 1.11. The molecular weight excluding hydrogens is 259 g/mol. The van der Waals surface area contributed by atoms with Gasteiger partial charge in [0.25, 0.3) is 0 Å². The van der Waals surface area contributed by atoms with Gasteiger partial charge in [0.15, 0.2) is 0 Å². The van der Waals surface area contributed by atoms with E-state index in [-0.39, 0.29) is 12.6 Å². The molecule has 1 saturated carbocycles. The molecule has 2 atom stereocenters. The van der Waals surface area contributed by atoms with Crippen molar-refractivity contribution in [2.75, 3.05) is 26.2 Å². The van der Waals surface area contributed by atoms with Crippen LogP contribution in [0.2, 0.25) is 0 Å². The normalized spacial score (nSPS) is 23.9. The summed E-state index contributed by atoms with van der Waals surface area (Å²) >= 11 is 0. The molecule has 1 fully saturated rings. The summed E-state index contributed by atoms with van der Waals surface area (Å²) < 4.78 is 36.0. The van der Waals surface area contributed by atoms with Gasteiger partial charge in [-0.2, -0.15) is 13.2 Å². The van der Waals surface area contributed by atoms with Gasteiger partial charge in [0.05, 0.1) is 6.54 Å². The molecule has 1 rings (SSSR count). The number of alkyl halides is 3. The van der Waals surface area contributed by atoms with E-state index < -0.39 is 18.6 Å². The lowest BCUT2D eigenvalue weighted by atomic mass is 10.0. The van der Waals surface area contributed by atoms with Gasteiger partial charge in [-0.1, -0.05) is 13.3 Å². The van der Waals surface area contributed by atoms with Crippen LogP contribution in [0.25, 0.3) is 0 Å². The van der Waals surface area contributed by atoms with Crippen LogP contribution in [0.15, 0.2) is 0 Å². The Labute approximate surface area is 111 Å². The first-order valence-electron chi connectivity index (χ1n) is 6.65. The van der Waals surface area contributed by atoms with E-state index in [0.29, 0.717) is 19.0 Å². The lowest BCUT2D eigenvalue weighted by Gasteiger charge is -2.31. The van der Waals surface area contributed by atoms with Crippen molar-refractivity contribution in [2.45, 2.75) is 38.4 Å². The molecule has 7 heteroatoms. The van der Waals surface area contributed by atoms with E-state index >= 15 is 0 Å². The summed E-state index contributed by atoms with van der Waals surface area (Å²) in [6.45, 7) is 1.84.